The van der Waals surface area contributed by atoms with Gasteiger partial charge in [0.15, 0.2) is 0 Å². The van der Waals surface area contributed by atoms with Crippen molar-refractivity contribution < 1.29 is 0 Å². The molecule has 2 N–H and O–H groups in total. The molecule has 3 nitrogen and oxygen atoms in total. The van der Waals surface area contributed by atoms with Crippen LogP contribution >= 0.6 is 12.4 Å². The van der Waals surface area contributed by atoms with E-state index in [9.17, 15) is 0 Å². The fourth-order valence-electron chi connectivity index (χ4n) is 2.50. The summed E-state index contributed by atoms with van der Waals surface area (Å²) in [7, 11) is 0. The zero-order valence-corrected chi connectivity index (χ0v) is 11.3. The third kappa shape index (κ3) is 2.16. The maximum absolute atomic E-state index is 6.11. The smallest absolute Gasteiger partial charge is 0.0649 e. The molecule has 0 amide bonds. The first-order valence-electron chi connectivity index (χ1n) is 6.15. The lowest BCUT2D eigenvalue weighted by Gasteiger charge is -2.19. The van der Waals surface area contributed by atoms with Crippen LogP contribution in [0, 0.1) is 6.92 Å². The van der Waals surface area contributed by atoms with Crippen molar-refractivity contribution in [3.63, 3.8) is 0 Å². The second kappa shape index (κ2) is 5.12. The van der Waals surface area contributed by atoms with E-state index >= 15 is 0 Å². The van der Waals surface area contributed by atoms with E-state index in [1.54, 1.807) is 0 Å². The summed E-state index contributed by atoms with van der Waals surface area (Å²) >= 11 is 0. The number of aromatic nitrogens is 2. The summed E-state index contributed by atoms with van der Waals surface area (Å²) in [6.45, 7) is 2.10. The van der Waals surface area contributed by atoms with Crippen molar-refractivity contribution in [3.05, 3.63) is 47.3 Å². The molecule has 0 spiro atoms. The van der Waals surface area contributed by atoms with E-state index in [-0.39, 0.29) is 18.4 Å². The van der Waals surface area contributed by atoms with Gasteiger partial charge in [-0.25, -0.2) is 4.68 Å². The average molecular weight is 264 g/mol. The van der Waals surface area contributed by atoms with Crippen LogP contribution in [0.5, 0.6) is 0 Å². The molecule has 1 aromatic carbocycles. The summed E-state index contributed by atoms with van der Waals surface area (Å²) in [5.41, 5.74) is 11.0. The van der Waals surface area contributed by atoms with E-state index in [1.165, 1.54) is 16.8 Å². The minimum atomic E-state index is 0. The van der Waals surface area contributed by atoms with E-state index in [0.29, 0.717) is 0 Å². The van der Waals surface area contributed by atoms with Gasteiger partial charge in [-0.05, 0) is 38.3 Å². The van der Waals surface area contributed by atoms with Crippen molar-refractivity contribution in [3.8, 4) is 5.69 Å². The Kier molecular flexibility index (Phi) is 3.73. The minimum Gasteiger partial charge on any atom is -0.324 e. The first-order chi connectivity index (χ1) is 8.25. The SMILES string of the molecule is Cc1ccc(-n2ncc3c2CCCC3N)cc1.Cl. The number of benzene rings is 1. The van der Waals surface area contributed by atoms with Gasteiger partial charge in [0, 0.05) is 17.3 Å². The quantitative estimate of drug-likeness (QED) is 0.860. The van der Waals surface area contributed by atoms with Crippen molar-refractivity contribution >= 4 is 12.4 Å². The Bertz CT molecular complexity index is 530. The number of hydrogen-bond donors (Lipinski definition) is 1. The molecular weight excluding hydrogens is 246 g/mol. The van der Waals surface area contributed by atoms with Crippen molar-refractivity contribution in [2.45, 2.75) is 32.2 Å². The highest BCUT2D eigenvalue weighted by Crippen LogP contribution is 2.29. The second-order valence-corrected chi connectivity index (χ2v) is 4.79. The number of nitrogens with zero attached hydrogens (tertiary/aromatic N) is 2. The molecule has 1 aliphatic carbocycles. The molecule has 0 radical (unpaired) electrons. The van der Waals surface area contributed by atoms with Crippen LogP contribution in [-0.4, -0.2) is 9.78 Å². The fourth-order valence-corrected chi connectivity index (χ4v) is 2.50. The number of nitrogens with two attached hydrogens (primary N) is 1. The van der Waals surface area contributed by atoms with Gasteiger partial charge in [-0.3, -0.25) is 0 Å². The molecule has 1 heterocycles. The molecule has 18 heavy (non-hydrogen) atoms. The highest BCUT2D eigenvalue weighted by Gasteiger charge is 2.21. The van der Waals surface area contributed by atoms with Gasteiger partial charge in [0.2, 0.25) is 0 Å². The summed E-state index contributed by atoms with van der Waals surface area (Å²) < 4.78 is 2.04. The summed E-state index contributed by atoms with van der Waals surface area (Å²) in [5.74, 6) is 0. The van der Waals surface area contributed by atoms with Gasteiger partial charge >= 0.3 is 0 Å². The largest absolute Gasteiger partial charge is 0.324 e. The normalized spacial score (nSPS) is 18.0. The van der Waals surface area contributed by atoms with Crippen molar-refractivity contribution in [1.29, 1.82) is 0 Å². The lowest BCUT2D eigenvalue weighted by atomic mass is 9.94. The van der Waals surface area contributed by atoms with Crippen LogP contribution in [0.2, 0.25) is 0 Å². The van der Waals surface area contributed by atoms with Gasteiger partial charge in [0.05, 0.1) is 11.9 Å². The molecule has 96 valence electrons. The third-order valence-corrected chi connectivity index (χ3v) is 3.51. The van der Waals surface area contributed by atoms with Gasteiger partial charge in [0.25, 0.3) is 0 Å². The molecule has 2 aromatic rings. The van der Waals surface area contributed by atoms with E-state index < -0.39 is 0 Å². The molecule has 1 aliphatic rings. The lowest BCUT2D eigenvalue weighted by Crippen LogP contribution is -2.17. The number of halogens is 1. The Balaban J connectivity index is 0.00000120. The molecular formula is C14H18ClN3. The van der Waals surface area contributed by atoms with Gasteiger partial charge in [-0.15, -0.1) is 12.4 Å². The third-order valence-electron chi connectivity index (χ3n) is 3.51. The molecule has 0 fully saturated rings. The highest BCUT2D eigenvalue weighted by molar-refractivity contribution is 5.85. The molecule has 1 unspecified atom stereocenters. The van der Waals surface area contributed by atoms with Crippen LogP contribution in [0.3, 0.4) is 0 Å². The van der Waals surface area contributed by atoms with E-state index in [1.807, 2.05) is 10.9 Å². The van der Waals surface area contributed by atoms with Crippen molar-refractivity contribution in [2.75, 3.05) is 0 Å². The molecule has 1 atom stereocenters. The second-order valence-electron chi connectivity index (χ2n) is 4.79. The average Bonchev–Trinajstić information content (AvgIpc) is 2.75. The van der Waals surface area contributed by atoms with Crippen molar-refractivity contribution in [2.24, 2.45) is 5.73 Å². The Morgan fingerprint density at radius 3 is 2.72 bits per heavy atom. The molecule has 0 aliphatic heterocycles. The van der Waals surface area contributed by atoms with Gasteiger partial charge in [-0.2, -0.15) is 5.10 Å². The Morgan fingerprint density at radius 2 is 2.00 bits per heavy atom. The van der Waals surface area contributed by atoms with Crippen LogP contribution in [0.15, 0.2) is 30.5 Å². The Labute approximate surface area is 113 Å². The van der Waals surface area contributed by atoms with Crippen LogP contribution < -0.4 is 5.73 Å². The van der Waals surface area contributed by atoms with E-state index in [4.69, 9.17) is 5.73 Å². The van der Waals surface area contributed by atoms with Crippen molar-refractivity contribution in [1.82, 2.24) is 9.78 Å². The zero-order chi connectivity index (χ0) is 11.8. The number of rotatable bonds is 1. The first-order valence-corrected chi connectivity index (χ1v) is 6.15. The van der Waals surface area contributed by atoms with Gasteiger partial charge in [-0.1, -0.05) is 17.7 Å². The van der Waals surface area contributed by atoms with Crippen LogP contribution in [0.25, 0.3) is 5.69 Å². The first kappa shape index (κ1) is 13.1. The highest BCUT2D eigenvalue weighted by atomic mass is 35.5. The van der Waals surface area contributed by atoms with Gasteiger partial charge < -0.3 is 5.73 Å². The number of hydrogen-bond acceptors (Lipinski definition) is 2. The van der Waals surface area contributed by atoms with E-state index in [0.717, 1.165) is 24.9 Å². The number of fused-ring (bicyclic) bond motifs is 1. The Hall–Kier alpha value is -1.32. The minimum absolute atomic E-state index is 0. The maximum Gasteiger partial charge on any atom is 0.0649 e. The topological polar surface area (TPSA) is 43.8 Å². The molecule has 0 saturated heterocycles. The maximum atomic E-state index is 6.11. The van der Waals surface area contributed by atoms with Crippen LogP contribution in [0.1, 0.15) is 35.7 Å². The summed E-state index contributed by atoms with van der Waals surface area (Å²) in [6, 6.07) is 8.63. The number of aryl methyl sites for hydroxylation is 1. The molecule has 0 saturated carbocycles. The van der Waals surface area contributed by atoms with Crippen LogP contribution in [-0.2, 0) is 6.42 Å². The van der Waals surface area contributed by atoms with Crippen LogP contribution in [0.4, 0.5) is 0 Å². The molecule has 4 heteroatoms. The predicted octanol–water partition coefficient (Wildman–Crippen LogP) is 2.94. The van der Waals surface area contributed by atoms with E-state index in [2.05, 4.69) is 36.3 Å². The summed E-state index contributed by atoms with van der Waals surface area (Å²) in [4.78, 5) is 0. The molecule has 3 rings (SSSR count). The monoisotopic (exact) mass is 263 g/mol. The van der Waals surface area contributed by atoms with Gasteiger partial charge in [0.1, 0.15) is 0 Å². The summed E-state index contributed by atoms with van der Waals surface area (Å²) in [6.07, 6.45) is 5.24. The molecule has 1 aromatic heterocycles. The zero-order valence-electron chi connectivity index (χ0n) is 10.5. The predicted molar refractivity (Wildman–Crippen MR) is 75.4 cm³/mol. The fraction of sp³-hybridized carbons (Fsp3) is 0.357. The molecule has 0 bridgehead atoms. The lowest BCUT2D eigenvalue weighted by molar-refractivity contribution is 0.558. The Morgan fingerprint density at radius 1 is 1.28 bits per heavy atom. The standard InChI is InChI=1S/C14H17N3.ClH/c1-10-5-7-11(8-6-10)17-14-4-2-3-13(15)12(14)9-16-17;/h5-9,13H,2-4,15H2,1H3;1H. The summed E-state index contributed by atoms with van der Waals surface area (Å²) in [5, 5.41) is 4.48.